The van der Waals surface area contributed by atoms with E-state index >= 15 is 0 Å². The van der Waals surface area contributed by atoms with Crippen LogP contribution in [0, 0.1) is 0 Å². The summed E-state index contributed by atoms with van der Waals surface area (Å²) >= 11 is 3.57. The molecule has 112 valence electrons. The molecule has 0 bridgehead atoms. The van der Waals surface area contributed by atoms with Crippen LogP contribution in [0.25, 0.3) is 0 Å². The highest BCUT2D eigenvalue weighted by Crippen LogP contribution is 2.33. The van der Waals surface area contributed by atoms with Crippen molar-refractivity contribution in [1.82, 2.24) is 10.3 Å². The van der Waals surface area contributed by atoms with Gasteiger partial charge >= 0.3 is 0 Å². The Balaban J connectivity index is 2.46. The standard InChI is InChI=1S/C16H19BrN2O2/c1-4-18-15(16-12(17)6-5-9-19-16)11-7-8-13(20-2)14(10-11)21-3/h5-10,15,18H,4H2,1-3H3. The van der Waals surface area contributed by atoms with Gasteiger partial charge in [-0.3, -0.25) is 4.98 Å². The van der Waals surface area contributed by atoms with E-state index in [1.807, 2.05) is 30.3 Å². The number of aromatic nitrogens is 1. The number of methoxy groups -OCH3 is 2. The first-order valence-electron chi connectivity index (χ1n) is 6.77. The minimum absolute atomic E-state index is 0.00891. The van der Waals surface area contributed by atoms with Crippen LogP contribution in [-0.2, 0) is 0 Å². The summed E-state index contributed by atoms with van der Waals surface area (Å²) in [6, 6.07) is 9.81. The maximum Gasteiger partial charge on any atom is 0.161 e. The average Bonchev–Trinajstić information content (AvgIpc) is 2.53. The second-order valence-corrected chi connectivity index (χ2v) is 5.33. The molecule has 1 N–H and O–H groups in total. The van der Waals surface area contributed by atoms with E-state index in [0.717, 1.165) is 28.0 Å². The third-order valence-electron chi connectivity index (χ3n) is 3.21. The van der Waals surface area contributed by atoms with Crippen molar-refractivity contribution in [3.8, 4) is 11.5 Å². The fraction of sp³-hybridized carbons (Fsp3) is 0.312. The van der Waals surface area contributed by atoms with Gasteiger partial charge in [-0.05, 0) is 52.3 Å². The highest BCUT2D eigenvalue weighted by Gasteiger charge is 2.18. The molecular formula is C16H19BrN2O2. The minimum atomic E-state index is -0.00891. The molecule has 1 unspecified atom stereocenters. The van der Waals surface area contributed by atoms with Gasteiger partial charge in [0.15, 0.2) is 11.5 Å². The third-order valence-corrected chi connectivity index (χ3v) is 3.88. The summed E-state index contributed by atoms with van der Waals surface area (Å²) in [6.07, 6.45) is 1.80. The van der Waals surface area contributed by atoms with Crippen molar-refractivity contribution >= 4 is 15.9 Å². The molecule has 0 saturated heterocycles. The van der Waals surface area contributed by atoms with E-state index in [0.29, 0.717) is 5.75 Å². The molecule has 0 saturated carbocycles. The maximum atomic E-state index is 5.39. The molecule has 0 aliphatic heterocycles. The number of nitrogens with zero attached hydrogens (tertiary/aromatic N) is 1. The molecule has 2 rings (SSSR count). The first kappa shape index (κ1) is 15.8. The lowest BCUT2D eigenvalue weighted by molar-refractivity contribution is 0.354. The molecule has 1 aromatic heterocycles. The number of rotatable bonds is 6. The molecule has 5 heteroatoms. The predicted octanol–water partition coefficient (Wildman–Crippen LogP) is 3.56. The summed E-state index contributed by atoms with van der Waals surface area (Å²) in [5.41, 5.74) is 2.03. The lowest BCUT2D eigenvalue weighted by Crippen LogP contribution is -2.23. The molecule has 0 aliphatic rings. The van der Waals surface area contributed by atoms with Crippen LogP contribution in [0.5, 0.6) is 11.5 Å². The van der Waals surface area contributed by atoms with Crippen molar-refractivity contribution in [1.29, 1.82) is 0 Å². The number of hydrogen-bond acceptors (Lipinski definition) is 4. The van der Waals surface area contributed by atoms with E-state index in [2.05, 4.69) is 33.2 Å². The monoisotopic (exact) mass is 350 g/mol. The predicted molar refractivity (Wildman–Crippen MR) is 87.0 cm³/mol. The van der Waals surface area contributed by atoms with E-state index in [1.165, 1.54) is 0 Å². The van der Waals surface area contributed by atoms with Crippen LogP contribution in [-0.4, -0.2) is 25.7 Å². The van der Waals surface area contributed by atoms with Crippen LogP contribution in [0.2, 0.25) is 0 Å². The van der Waals surface area contributed by atoms with Crippen LogP contribution >= 0.6 is 15.9 Å². The number of hydrogen-bond donors (Lipinski definition) is 1. The van der Waals surface area contributed by atoms with Crippen LogP contribution in [0.1, 0.15) is 24.2 Å². The fourth-order valence-corrected chi connectivity index (χ4v) is 2.70. The summed E-state index contributed by atoms with van der Waals surface area (Å²) < 4.78 is 11.7. The van der Waals surface area contributed by atoms with E-state index in [-0.39, 0.29) is 6.04 Å². The van der Waals surface area contributed by atoms with Crippen molar-refractivity contribution in [2.45, 2.75) is 13.0 Å². The Morgan fingerprint density at radius 1 is 1.19 bits per heavy atom. The Kier molecular flexibility index (Phi) is 5.59. The number of pyridine rings is 1. The zero-order chi connectivity index (χ0) is 15.2. The second kappa shape index (κ2) is 7.43. The highest BCUT2D eigenvalue weighted by molar-refractivity contribution is 9.10. The van der Waals surface area contributed by atoms with E-state index in [9.17, 15) is 0 Å². The molecule has 2 aromatic rings. The fourth-order valence-electron chi connectivity index (χ4n) is 2.22. The first-order valence-corrected chi connectivity index (χ1v) is 7.56. The summed E-state index contributed by atoms with van der Waals surface area (Å²) in [4.78, 5) is 4.49. The Hall–Kier alpha value is -1.59. The molecule has 4 nitrogen and oxygen atoms in total. The molecule has 1 aromatic carbocycles. The molecule has 0 amide bonds. The van der Waals surface area contributed by atoms with Crippen LogP contribution < -0.4 is 14.8 Å². The smallest absolute Gasteiger partial charge is 0.161 e. The van der Waals surface area contributed by atoms with E-state index in [1.54, 1.807) is 20.4 Å². The zero-order valence-corrected chi connectivity index (χ0v) is 14.0. The number of ether oxygens (including phenoxy) is 2. The molecular weight excluding hydrogens is 332 g/mol. The number of nitrogens with one attached hydrogen (secondary N) is 1. The number of halogens is 1. The Bertz CT molecular complexity index is 605. The number of benzene rings is 1. The molecule has 1 heterocycles. The van der Waals surface area contributed by atoms with Crippen molar-refractivity contribution in [3.05, 3.63) is 52.3 Å². The Morgan fingerprint density at radius 3 is 2.57 bits per heavy atom. The molecule has 21 heavy (non-hydrogen) atoms. The SMILES string of the molecule is CCNC(c1ccc(OC)c(OC)c1)c1ncccc1Br. The van der Waals surface area contributed by atoms with Gasteiger partial charge in [0.05, 0.1) is 26.0 Å². The average molecular weight is 351 g/mol. The molecule has 0 fully saturated rings. The molecule has 1 atom stereocenters. The zero-order valence-electron chi connectivity index (χ0n) is 12.4. The van der Waals surface area contributed by atoms with Crippen molar-refractivity contribution in [2.24, 2.45) is 0 Å². The van der Waals surface area contributed by atoms with Gasteiger partial charge in [0.25, 0.3) is 0 Å². The quantitative estimate of drug-likeness (QED) is 0.864. The molecule has 0 aliphatic carbocycles. The van der Waals surface area contributed by atoms with E-state index in [4.69, 9.17) is 9.47 Å². The van der Waals surface area contributed by atoms with Crippen LogP contribution in [0.4, 0.5) is 0 Å². The van der Waals surface area contributed by atoms with E-state index < -0.39 is 0 Å². The van der Waals surface area contributed by atoms with Crippen molar-refractivity contribution in [2.75, 3.05) is 20.8 Å². The third kappa shape index (κ3) is 3.54. The summed E-state index contributed by atoms with van der Waals surface area (Å²) in [6.45, 7) is 2.91. The van der Waals surface area contributed by atoms with Gasteiger partial charge < -0.3 is 14.8 Å². The van der Waals surface area contributed by atoms with Gasteiger partial charge in [-0.15, -0.1) is 0 Å². The van der Waals surface area contributed by atoms with Gasteiger partial charge in [0.1, 0.15) is 0 Å². The van der Waals surface area contributed by atoms with Crippen molar-refractivity contribution < 1.29 is 9.47 Å². The lowest BCUT2D eigenvalue weighted by atomic mass is 10.0. The second-order valence-electron chi connectivity index (χ2n) is 4.48. The largest absolute Gasteiger partial charge is 0.493 e. The van der Waals surface area contributed by atoms with Crippen molar-refractivity contribution in [3.63, 3.8) is 0 Å². The Morgan fingerprint density at radius 2 is 1.95 bits per heavy atom. The summed E-state index contributed by atoms with van der Waals surface area (Å²) in [7, 11) is 3.27. The Labute approximate surface area is 133 Å². The van der Waals surface area contributed by atoms with Crippen LogP contribution in [0.15, 0.2) is 41.0 Å². The van der Waals surface area contributed by atoms with Gasteiger partial charge in [-0.1, -0.05) is 13.0 Å². The molecule has 0 spiro atoms. The summed E-state index contributed by atoms with van der Waals surface area (Å²) in [5.74, 6) is 1.43. The highest BCUT2D eigenvalue weighted by atomic mass is 79.9. The summed E-state index contributed by atoms with van der Waals surface area (Å²) in [5, 5.41) is 3.46. The molecule has 0 radical (unpaired) electrons. The van der Waals surface area contributed by atoms with Gasteiger partial charge in [0.2, 0.25) is 0 Å². The van der Waals surface area contributed by atoms with Gasteiger partial charge in [0, 0.05) is 10.7 Å². The first-order chi connectivity index (χ1) is 10.2. The van der Waals surface area contributed by atoms with Gasteiger partial charge in [-0.2, -0.15) is 0 Å². The lowest BCUT2D eigenvalue weighted by Gasteiger charge is -2.20. The normalized spacial score (nSPS) is 12.0. The maximum absolute atomic E-state index is 5.39. The van der Waals surface area contributed by atoms with Gasteiger partial charge in [-0.25, -0.2) is 0 Å². The minimum Gasteiger partial charge on any atom is -0.493 e. The van der Waals surface area contributed by atoms with Crippen LogP contribution in [0.3, 0.4) is 0 Å². The topological polar surface area (TPSA) is 43.4 Å².